The molecule has 0 atom stereocenters. The van der Waals surface area contributed by atoms with Crippen LogP contribution in [0.2, 0.25) is 0 Å². The van der Waals surface area contributed by atoms with Crippen LogP contribution < -0.4 is 5.32 Å². The van der Waals surface area contributed by atoms with Gasteiger partial charge in [0, 0.05) is 22.7 Å². The SMILES string of the molecule is Cc1oc(-c2ccc(F)cc2)nc1C(=O)Nc1c[nH]c2ccccc12. The first kappa shape index (κ1) is 15.1. The number of nitrogens with one attached hydrogen (secondary N) is 2. The van der Waals surface area contributed by atoms with Gasteiger partial charge >= 0.3 is 0 Å². The lowest BCUT2D eigenvalue weighted by atomic mass is 10.2. The Morgan fingerprint density at radius 2 is 1.92 bits per heavy atom. The molecule has 2 aromatic heterocycles. The molecule has 2 heterocycles. The second kappa shape index (κ2) is 5.90. The molecule has 25 heavy (non-hydrogen) atoms. The minimum absolute atomic E-state index is 0.199. The van der Waals surface area contributed by atoms with Crippen molar-refractivity contribution in [2.75, 3.05) is 5.32 Å². The van der Waals surface area contributed by atoms with Gasteiger partial charge in [-0.1, -0.05) is 18.2 Å². The number of aromatic amines is 1. The van der Waals surface area contributed by atoms with Crippen LogP contribution in [0.1, 0.15) is 16.2 Å². The van der Waals surface area contributed by atoms with Crippen molar-refractivity contribution in [3.8, 4) is 11.5 Å². The van der Waals surface area contributed by atoms with Crippen LogP contribution in [0.25, 0.3) is 22.4 Å². The molecular weight excluding hydrogens is 321 g/mol. The highest BCUT2D eigenvalue weighted by atomic mass is 19.1. The second-order valence-electron chi connectivity index (χ2n) is 5.63. The van der Waals surface area contributed by atoms with Crippen molar-refractivity contribution >= 4 is 22.5 Å². The molecule has 0 aliphatic heterocycles. The Labute approximate surface area is 142 Å². The topological polar surface area (TPSA) is 70.9 Å². The summed E-state index contributed by atoms with van der Waals surface area (Å²) in [5, 5.41) is 3.76. The van der Waals surface area contributed by atoms with E-state index in [9.17, 15) is 9.18 Å². The highest BCUT2D eigenvalue weighted by Gasteiger charge is 2.19. The quantitative estimate of drug-likeness (QED) is 0.578. The van der Waals surface area contributed by atoms with Crippen molar-refractivity contribution in [3.63, 3.8) is 0 Å². The van der Waals surface area contributed by atoms with Gasteiger partial charge in [-0.2, -0.15) is 0 Å². The minimum Gasteiger partial charge on any atom is -0.441 e. The third-order valence-electron chi connectivity index (χ3n) is 3.94. The van der Waals surface area contributed by atoms with E-state index < -0.39 is 0 Å². The monoisotopic (exact) mass is 335 g/mol. The third-order valence-corrected chi connectivity index (χ3v) is 3.94. The number of oxazole rings is 1. The Kier molecular flexibility index (Phi) is 3.57. The highest BCUT2D eigenvalue weighted by Crippen LogP contribution is 2.25. The molecular formula is C19H14FN3O2. The fourth-order valence-corrected chi connectivity index (χ4v) is 2.68. The average Bonchev–Trinajstić information content (AvgIpc) is 3.20. The van der Waals surface area contributed by atoms with Gasteiger partial charge in [0.1, 0.15) is 11.6 Å². The fourth-order valence-electron chi connectivity index (χ4n) is 2.68. The predicted molar refractivity (Wildman–Crippen MR) is 92.9 cm³/mol. The maximum atomic E-state index is 13.0. The van der Waals surface area contributed by atoms with Crippen LogP contribution in [0.5, 0.6) is 0 Å². The molecule has 0 fully saturated rings. The third kappa shape index (κ3) is 2.78. The van der Waals surface area contributed by atoms with Crippen molar-refractivity contribution in [3.05, 3.63) is 72.0 Å². The fraction of sp³-hybridized carbons (Fsp3) is 0.0526. The predicted octanol–water partition coefficient (Wildman–Crippen LogP) is 4.52. The summed E-state index contributed by atoms with van der Waals surface area (Å²) >= 11 is 0. The van der Waals surface area contributed by atoms with E-state index in [2.05, 4.69) is 15.3 Å². The van der Waals surface area contributed by atoms with Crippen LogP contribution in [0, 0.1) is 12.7 Å². The number of benzene rings is 2. The van der Waals surface area contributed by atoms with Gasteiger partial charge in [0.05, 0.1) is 5.69 Å². The Hall–Kier alpha value is -3.41. The van der Waals surface area contributed by atoms with E-state index in [0.717, 1.165) is 10.9 Å². The number of hydrogen-bond donors (Lipinski definition) is 2. The average molecular weight is 335 g/mol. The van der Waals surface area contributed by atoms with Crippen molar-refractivity contribution in [2.45, 2.75) is 6.92 Å². The number of amides is 1. The van der Waals surface area contributed by atoms with Crippen molar-refractivity contribution in [2.24, 2.45) is 0 Å². The maximum absolute atomic E-state index is 13.0. The number of hydrogen-bond acceptors (Lipinski definition) is 3. The Morgan fingerprint density at radius 3 is 2.72 bits per heavy atom. The van der Waals surface area contributed by atoms with E-state index in [1.165, 1.54) is 12.1 Å². The lowest BCUT2D eigenvalue weighted by Gasteiger charge is -2.01. The summed E-state index contributed by atoms with van der Waals surface area (Å²) in [7, 11) is 0. The smallest absolute Gasteiger partial charge is 0.277 e. The summed E-state index contributed by atoms with van der Waals surface area (Å²) in [6, 6.07) is 13.4. The molecule has 6 heteroatoms. The maximum Gasteiger partial charge on any atom is 0.277 e. The number of nitrogens with zero attached hydrogens (tertiary/aromatic N) is 1. The van der Waals surface area contributed by atoms with E-state index in [0.29, 0.717) is 17.0 Å². The van der Waals surface area contributed by atoms with E-state index in [-0.39, 0.29) is 23.3 Å². The normalized spacial score (nSPS) is 11.0. The summed E-state index contributed by atoms with van der Waals surface area (Å²) in [4.78, 5) is 19.9. The molecule has 4 rings (SSSR count). The van der Waals surface area contributed by atoms with Gasteiger partial charge in [-0.05, 0) is 37.3 Å². The molecule has 0 aliphatic carbocycles. The molecule has 0 aliphatic rings. The Morgan fingerprint density at radius 1 is 1.16 bits per heavy atom. The minimum atomic E-state index is -0.362. The molecule has 0 spiro atoms. The van der Waals surface area contributed by atoms with E-state index in [4.69, 9.17) is 4.42 Å². The largest absolute Gasteiger partial charge is 0.441 e. The Balaban J connectivity index is 1.63. The highest BCUT2D eigenvalue weighted by molar-refractivity contribution is 6.08. The number of H-pyrrole nitrogens is 1. The summed E-state index contributed by atoms with van der Waals surface area (Å²) < 4.78 is 18.6. The Bertz CT molecular complexity index is 1060. The van der Waals surface area contributed by atoms with Crippen LogP contribution in [0.15, 0.2) is 59.1 Å². The van der Waals surface area contributed by atoms with E-state index in [1.807, 2.05) is 24.3 Å². The number of para-hydroxylation sites is 1. The number of rotatable bonds is 3. The standard InChI is InChI=1S/C19H14FN3O2/c1-11-17(23-19(25-11)12-6-8-13(20)9-7-12)18(24)22-16-10-21-15-5-3-2-4-14(15)16/h2-10,21H,1H3,(H,22,24). The van der Waals surface area contributed by atoms with Gasteiger partial charge in [-0.25, -0.2) is 9.37 Å². The van der Waals surface area contributed by atoms with Gasteiger partial charge in [0.25, 0.3) is 5.91 Å². The van der Waals surface area contributed by atoms with Crippen LogP contribution in [-0.4, -0.2) is 15.9 Å². The molecule has 0 saturated carbocycles. The molecule has 124 valence electrons. The summed E-state index contributed by atoms with van der Waals surface area (Å²) in [5.74, 6) is -0.0260. The van der Waals surface area contributed by atoms with Gasteiger partial charge in [-0.3, -0.25) is 4.79 Å². The molecule has 0 saturated heterocycles. The number of carbonyl (C=O) groups excluding carboxylic acids is 1. The lowest BCUT2D eigenvalue weighted by Crippen LogP contribution is -2.13. The number of aryl methyl sites for hydroxylation is 1. The zero-order chi connectivity index (χ0) is 17.4. The first-order valence-corrected chi connectivity index (χ1v) is 7.72. The summed E-state index contributed by atoms with van der Waals surface area (Å²) in [6.07, 6.45) is 1.73. The zero-order valence-electron chi connectivity index (χ0n) is 13.3. The van der Waals surface area contributed by atoms with E-state index in [1.54, 1.807) is 25.3 Å². The molecule has 4 aromatic rings. The van der Waals surface area contributed by atoms with Crippen LogP contribution >= 0.6 is 0 Å². The molecule has 2 N–H and O–H groups in total. The lowest BCUT2D eigenvalue weighted by molar-refractivity contribution is 0.102. The molecule has 5 nitrogen and oxygen atoms in total. The first-order chi connectivity index (χ1) is 12.1. The van der Waals surface area contributed by atoms with Crippen molar-refractivity contribution < 1.29 is 13.6 Å². The van der Waals surface area contributed by atoms with Gasteiger partial charge in [0.15, 0.2) is 5.69 Å². The number of halogens is 1. The van der Waals surface area contributed by atoms with Crippen LogP contribution in [-0.2, 0) is 0 Å². The van der Waals surface area contributed by atoms with Crippen LogP contribution in [0.4, 0.5) is 10.1 Å². The molecule has 1 amide bonds. The van der Waals surface area contributed by atoms with Crippen molar-refractivity contribution in [1.82, 2.24) is 9.97 Å². The summed E-state index contributed by atoms with van der Waals surface area (Å²) in [5.41, 5.74) is 2.41. The first-order valence-electron chi connectivity index (χ1n) is 7.72. The second-order valence-corrected chi connectivity index (χ2v) is 5.63. The molecule has 0 bridgehead atoms. The van der Waals surface area contributed by atoms with Gasteiger partial charge in [0.2, 0.25) is 5.89 Å². The summed E-state index contributed by atoms with van der Waals surface area (Å²) in [6.45, 7) is 1.67. The molecule has 0 radical (unpaired) electrons. The van der Waals surface area contributed by atoms with Crippen molar-refractivity contribution in [1.29, 1.82) is 0 Å². The zero-order valence-corrected chi connectivity index (χ0v) is 13.3. The number of carbonyl (C=O) groups is 1. The number of fused-ring (bicyclic) bond motifs is 1. The molecule has 0 unspecified atom stereocenters. The number of anilines is 1. The molecule has 2 aromatic carbocycles. The number of aromatic nitrogens is 2. The van der Waals surface area contributed by atoms with Gasteiger partial charge < -0.3 is 14.7 Å². The van der Waals surface area contributed by atoms with Crippen LogP contribution in [0.3, 0.4) is 0 Å². The van der Waals surface area contributed by atoms with Gasteiger partial charge in [-0.15, -0.1) is 0 Å². The van der Waals surface area contributed by atoms with E-state index >= 15 is 0 Å².